The Morgan fingerprint density at radius 2 is 2.06 bits per heavy atom. The van der Waals surface area contributed by atoms with Gasteiger partial charge in [0.2, 0.25) is 0 Å². The van der Waals surface area contributed by atoms with Crippen LogP contribution >= 0.6 is 0 Å². The van der Waals surface area contributed by atoms with Crippen LogP contribution in [0.3, 0.4) is 0 Å². The molecule has 0 amide bonds. The van der Waals surface area contributed by atoms with E-state index in [0.29, 0.717) is 6.61 Å². The number of ether oxygens (including phenoxy) is 1. The van der Waals surface area contributed by atoms with Crippen LogP contribution in [0.4, 0.5) is 0 Å². The molecule has 0 N–H and O–H groups in total. The predicted octanol–water partition coefficient (Wildman–Crippen LogP) is 2.79. The highest BCUT2D eigenvalue weighted by atomic mass is 16.5. The van der Waals surface area contributed by atoms with E-state index in [2.05, 4.69) is 24.2 Å². The average Bonchev–Trinajstić information content (AvgIpc) is 2.73. The van der Waals surface area contributed by atoms with Gasteiger partial charge in [-0.25, -0.2) is 0 Å². The zero-order valence-corrected chi connectivity index (χ0v) is 10.5. The molecule has 16 heavy (non-hydrogen) atoms. The van der Waals surface area contributed by atoms with E-state index in [-0.39, 0.29) is 0 Å². The summed E-state index contributed by atoms with van der Waals surface area (Å²) in [5, 5.41) is 8.15. The molecule has 0 aromatic carbocycles. The number of nitrogens with zero attached hydrogens (tertiary/aromatic N) is 3. The second-order valence-electron chi connectivity index (χ2n) is 4.09. The molecule has 0 saturated heterocycles. The second kappa shape index (κ2) is 8.28. The van der Waals surface area contributed by atoms with Crippen LogP contribution in [0.15, 0.2) is 6.20 Å². The van der Waals surface area contributed by atoms with E-state index in [1.165, 1.54) is 25.7 Å². The van der Waals surface area contributed by atoms with Crippen LogP contribution in [0.25, 0.3) is 0 Å². The zero-order valence-electron chi connectivity index (χ0n) is 10.5. The van der Waals surface area contributed by atoms with Crippen molar-refractivity contribution in [3.8, 4) is 0 Å². The Labute approximate surface area is 98.0 Å². The summed E-state index contributed by atoms with van der Waals surface area (Å²) >= 11 is 0. The lowest BCUT2D eigenvalue weighted by atomic mass is 10.2. The summed E-state index contributed by atoms with van der Waals surface area (Å²) < 4.78 is 7.33. The second-order valence-corrected chi connectivity index (χ2v) is 4.09. The van der Waals surface area contributed by atoms with E-state index in [4.69, 9.17) is 4.74 Å². The molecule has 0 atom stereocenters. The molecule has 0 fully saturated rings. The minimum absolute atomic E-state index is 0.586. The Morgan fingerprint density at radius 1 is 1.19 bits per heavy atom. The van der Waals surface area contributed by atoms with Crippen molar-refractivity contribution in [2.45, 2.75) is 59.1 Å². The predicted molar refractivity (Wildman–Crippen MR) is 64.1 cm³/mol. The van der Waals surface area contributed by atoms with Gasteiger partial charge in [0.25, 0.3) is 0 Å². The molecule has 92 valence electrons. The average molecular weight is 225 g/mol. The first kappa shape index (κ1) is 13.2. The smallest absolute Gasteiger partial charge is 0.108 e. The fraction of sp³-hybridized carbons (Fsp3) is 0.833. The van der Waals surface area contributed by atoms with E-state index in [1.807, 2.05) is 10.9 Å². The molecule has 1 heterocycles. The van der Waals surface area contributed by atoms with E-state index in [0.717, 1.165) is 25.3 Å². The van der Waals surface area contributed by atoms with Gasteiger partial charge in [-0.3, -0.25) is 4.68 Å². The van der Waals surface area contributed by atoms with Crippen LogP contribution in [-0.2, 0) is 17.9 Å². The first-order valence-corrected chi connectivity index (χ1v) is 6.33. The van der Waals surface area contributed by atoms with E-state index in [1.54, 1.807) is 0 Å². The summed E-state index contributed by atoms with van der Waals surface area (Å²) in [5.41, 5.74) is 0.934. The van der Waals surface area contributed by atoms with Gasteiger partial charge >= 0.3 is 0 Å². The lowest BCUT2D eigenvalue weighted by Gasteiger charge is -1.99. The van der Waals surface area contributed by atoms with Gasteiger partial charge in [0.1, 0.15) is 5.69 Å². The summed E-state index contributed by atoms with van der Waals surface area (Å²) in [4.78, 5) is 0. The Hall–Kier alpha value is -0.900. The topological polar surface area (TPSA) is 39.9 Å². The lowest BCUT2D eigenvalue weighted by Crippen LogP contribution is -1.98. The largest absolute Gasteiger partial charge is 0.375 e. The third-order valence-corrected chi connectivity index (χ3v) is 2.43. The van der Waals surface area contributed by atoms with Crippen molar-refractivity contribution in [1.29, 1.82) is 0 Å². The zero-order chi connectivity index (χ0) is 11.6. The van der Waals surface area contributed by atoms with Gasteiger partial charge in [0, 0.05) is 13.2 Å². The number of aryl methyl sites for hydroxylation is 1. The fourth-order valence-corrected chi connectivity index (χ4v) is 1.54. The van der Waals surface area contributed by atoms with Crippen molar-refractivity contribution < 1.29 is 4.74 Å². The molecule has 1 aromatic rings. The molecule has 0 bridgehead atoms. The normalized spacial score (nSPS) is 10.9. The Balaban J connectivity index is 2.17. The van der Waals surface area contributed by atoms with Crippen LogP contribution in [0, 0.1) is 0 Å². The van der Waals surface area contributed by atoms with E-state index < -0.39 is 0 Å². The third kappa shape index (κ3) is 5.26. The molecule has 0 unspecified atom stereocenters. The maximum absolute atomic E-state index is 5.41. The quantitative estimate of drug-likeness (QED) is 0.607. The van der Waals surface area contributed by atoms with Gasteiger partial charge in [0.05, 0.1) is 12.8 Å². The molecular weight excluding hydrogens is 202 g/mol. The Morgan fingerprint density at radius 3 is 2.81 bits per heavy atom. The molecule has 0 saturated carbocycles. The molecule has 0 aliphatic carbocycles. The number of unbranched alkanes of at least 4 members (excludes halogenated alkanes) is 3. The molecule has 0 aliphatic rings. The minimum atomic E-state index is 0.586. The Bertz CT molecular complexity index is 273. The Kier molecular flexibility index (Phi) is 6.81. The van der Waals surface area contributed by atoms with Crippen LogP contribution in [0.2, 0.25) is 0 Å². The highest BCUT2D eigenvalue weighted by Crippen LogP contribution is 2.02. The molecule has 1 aromatic heterocycles. The van der Waals surface area contributed by atoms with Crippen LogP contribution in [0.1, 0.15) is 51.6 Å². The monoisotopic (exact) mass is 225 g/mol. The number of aromatic nitrogens is 3. The molecule has 1 rings (SSSR count). The first-order chi connectivity index (χ1) is 7.86. The third-order valence-electron chi connectivity index (χ3n) is 2.43. The molecule has 0 spiro atoms. The molecule has 0 radical (unpaired) electrons. The minimum Gasteiger partial charge on any atom is -0.375 e. The summed E-state index contributed by atoms with van der Waals surface area (Å²) in [6.45, 7) is 6.68. The number of hydrogen-bond donors (Lipinski definition) is 0. The molecule has 4 heteroatoms. The molecular formula is C12H23N3O. The van der Waals surface area contributed by atoms with Gasteiger partial charge in [0.15, 0.2) is 0 Å². The van der Waals surface area contributed by atoms with Gasteiger partial charge in [-0.2, -0.15) is 0 Å². The van der Waals surface area contributed by atoms with Gasteiger partial charge in [-0.15, -0.1) is 5.10 Å². The maximum Gasteiger partial charge on any atom is 0.108 e. The summed E-state index contributed by atoms with van der Waals surface area (Å²) in [7, 11) is 0. The fourth-order valence-electron chi connectivity index (χ4n) is 1.54. The number of hydrogen-bond acceptors (Lipinski definition) is 3. The SMILES string of the molecule is CCCCCCn1cc(COCCC)nn1. The lowest BCUT2D eigenvalue weighted by molar-refractivity contribution is 0.119. The highest BCUT2D eigenvalue weighted by molar-refractivity contribution is 4.89. The van der Waals surface area contributed by atoms with Crippen LogP contribution < -0.4 is 0 Å². The van der Waals surface area contributed by atoms with Crippen molar-refractivity contribution in [1.82, 2.24) is 15.0 Å². The van der Waals surface area contributed by atoms with Crippen molar-refractivity contribution in [2.24, 2.45) is 0 Å². The van der Waals surface area contributed by atoms with Crippen molar-refractivity contribution in [2.75, 3.05) is 6.61 Å². The number of rotatable bonds is 9. The van der Waals surface area contributed by atoms with Crippen LogP contribution in [-0.4, -0.2) is 21.6 Å². The van der Waals surface area contributed by atoms with E-state index in [9.17, 15) is 0 Å². The van der Waals surface area contributed by atoms with Crippen molar-refractivity contribution in [3.63, 3.8) is 0 Å². The van der Waals surface area contributed by atoms with E-state index >= 15 is 0 Å². The maximum atomic E-state index is 5.41. The summed E-state index contributed by atoms with van der Waals surface area (Å²) in [5.74, 6) is 0. The van der Waals surface area contributed by atoms with Crippen molar-refractivity contribution in [3.05, 3.63) is 11.9 Å². The molecule has 0 aliphatic heterocycles. The summed E-state index contributed by atoms with van der Waals surface area (Å²) in [6.07, 6.45) is 8.08. The molecule has 4 nitrogen and oxygen atoms in total. The van der Waals surface area contributed by atoms with Gasteiger partial charge in [-0.05, 0) is 12.8 Å². The van der Waals surface area contributed by atoms with Gasteiger partial charge in [-0.1, -0.05) is 38.3 Å². The van der Waals surface area contributed by atoms with Crippen molar-refractivity contribution >= 4 is 0 Å². The first-order valence-electron chi connectivity index (χ1n) is 6.33. The summed E-state index contributed by atoms with van der Waals surface area (Å²) in [6, 6.07) is 0. The standard InChI is InChI=1S/C12H23N3O/c1-3-5-6-7-8-15-10-12(13-14-15)11-16-9-4-2/h10H,3-9,11H2,1-2H3. The van der Waals surface area contributed by atoms with Crippen LogP contribution in [0.5, 0.6) is 0 Å². The highest BCUT2D eigenvalue weighted by Gasteiger charge is 2.00. The van der Waals surface area contributed by atoms with Gasteiger partial charge < -0.3 is 4.74 Å².